The number of hydrogen-bond donors (Lipinski definition) is 1. The fraction of sp³-hybridized carbons (Fsp3) is 0.941. The Balaban J connectivity index is 1.65. The average molecular weight is 326 g/mol. The summed E-state index contributed by atoms with van der Waals surface area (Å²) in [6.07, 6.45) is 1.62. The van der Waals surface area contributed by atoms with E-state index in [2.05, 4.69) is 54.7 Å². The van der Waals surface area contributed by atoms with E-state index < -0.39 is 0 Å². The van der Waals surface area contributed by atoms with Crippen LogP contribution in [0.1, 0.15) is 34.1 Å². The zero-order valence-corrected chi connectivity index (χ0v) is 15.4. The third kappa shape index (κ3) is 2.75. The van der Waals surface area contributed by atoms with Gasteiger partial charge in [-0.05, 0) is 12.3 Å². The van der Waals surface area contributed by atoms with Crippen LogP contribution in [0.5, 0.6) is 0 Å². The van der Waals surface area contributed by atoms with Crippen molar-refractivity contribution in [2.75, 3.05) is 32.5 Å². The molecule has 4 atom stereocenters. The van der Waals surface area contributed by atoms with Gasteiger partial charge < -0.3 is 15.0 Å². The molecule has 3 aliphatic rings. The third-order valence-electron chi connectivity index (χ3n) is 5.73. The number of guanidine groups is 1. The van der Waals surface area contributed by atoms with E-state index in [9.17, 15) is 0 Å². The van der Waals surface area contributed by atoms with Crippen molar-refractivity contribution in [3.05, 3.63) is 0 Å². The number of nitrogens with zero attached hydrogens (tertiary/aromatic N) is 2. The minimum absolute atomic E-state index is 0.207. The first-order valence-corrected chi connectivity index (χ1v) is 9.71. The maximum Gasteiger partial charge on any atom is 0.193 e. The molecule has 3 rings (SSSR count). The standard InChI is InChI=1S/C17H31N3OS/c1-11(2)13-10-20(7-9-22-13)16(18-5)19-14-12-6-8-21-15(12)17(14,3)4/h11-15H,6-10H2,1-5H3,(H,18,19). The molecule has 0 aromatic carbocycles. The topological polar surface area (TPSA) is 36.9 Å². The van der Waals surface area contributed by atoms with E-state index in [1.807, 2.05) is 7.05 Å². The predicted octanol–water partition coefficient (Wildman–Crippen LogP) is 2.45. The molecular formula is C17H31N3OS. The van der Waals surface area contributed by atoms with Gasteiger partial charge in [-0.1, -0.05) is 27.7 Å². The van der Waals surface area contributed by atoms with Crippen LogP contribution in [0.15, 0.2) is 4.99 Å². The lowest BCUT2D eigenvalue weighted by molar-refractivity contribution is -0.107. The van der Waals surface area contributed by atoms with Crippen molar-refractivity contribution < 1.29 is 4.74 Å². The smallest absolute Gasteiger partial charge is 0.193 e. The minimum atomic E-state index is 0.207. The number of rotatable bonds is 2. The summed E-state index contributed by atoms with van der Waals surface area (Å²) in [6.45, 7) is 12.4. The van der Waals surface area contributed by atoms with E-state index in [1.165, 1.54) is 12.2 Å². The minimum Gasteiger partial charge on any atom is -0.377 e. The largest absolute Gasteiger partial charge is 0.377 e. The molecule has 22 heavy (non-hydrogen) atoms. The van der Waals surface area contributed by atoms with Gasteiger partial charge in [-0.3, -0.25) is 4.99 Å². The summed E-state index contributed by atoms with van der Waals surface area (Å²) in [5.74, 6) is 3.67. The van der Waals surface area contributed by atoms with E-state index >= 15 is 0 Å². The van der Waals surface area contributed by atoms with Crippen LogP contribution in [0.3, 0.4) is 0 Å². The van der Waals surface area contributed by atoms with Gasteiger partial charge in [0.15, 0.2) is 5.96 Å². The lowest BCUT2D eigenvalue weighted by Crippen LogP contribution is -2.68. The summed E-state index contributed by atoms with van der Waals surface area (Å²) in [5, 5.41) is 4.49. The molecular weight excluding hydrogens is 294 g/mol. The van der Waals surface area contributed by atoms with E-state index in [1.54, 1.807) is 0 Å². The molecule has 0 spiro atoms. The highest BCUT2D eigenvalue weighted by Gasteiger charge is 2.59. The van der Waals surface area contributed by atoms with Gasteiger partial charge in [-0.15, -0.1) is 0 Å². The number of hydrogen-bond acceptors (Lipinski definition) is 3. The second-order valence-electron chi connectivity index (χ2n) is 7.83. The Hall–Kier alpha value is -0.420. The Morgan fingerprint density at radius 1 is 1.41 bits per heavy atom. The molecule has 0 bridgehead atoms. The van der Waals surface area contributed by atoms with E-state index in [0.717, 1.165) is 31.6 Å². The van der Waals surface area contributed by atoms with E-state index in [0.29, 0.717) is 23.3 Å². The van der Waals surface area contributed by atoms with Gasteiger partial charge in [-0.25, -0.2) is 0 Å². The fourth-order valence-corrected chi connectivity index (χ4v) is 5.62. The molecule has 2 saturated heterocycles. The monoisotopic (exact) mass is 325 g/mol. The van der Waals surface area contributed by atoms with Crippen LogP contribution in [-0.2, 0) is 4.74 Å². The summed E-state index contributed by atoms with van der Waals surface area (Å²) in [6, 6.07) is 0.491. The molecule has 1 saturated carbocycles. The first-order chi connectivity index (χ1) is 10.4. The first-order valence-electron chi connectivity index (χ1n) is 8.66. The number of thioether (sulfide) groups is 1. The fourth-order valence-electron chi connectivity index (χ4n) is 4.32. The van der Waals surface area contributed by atoms with E-state index in [4.69, 9.17) is 4.74 Å². The molecule has 2 heterocycles. The SMILES string of the molecule is CN=C(NC1C2CCOC2C1(C)C)N1CCSC(C(C)C)C1. The summed E-state index contributed by atoms with van der Waals surface area (Å²) in [4.78, 5) is 7.05. The Labute approximate surface area is 139 Å². The van der Waals surface area contributed by atoms with Crippen LogP contribution < -0.4 is 5.32 Å². The molecule has 1 aliphatic carbocycles. The molecule has 0 aromatic heterocycles. The number of ether oxygens (including phenoxy) is 1. The molecule has 0 aromatic rings. The molecule has 3 fully saturated rings. The van der Waals surface area contributed by atoms with Gasteiger partial charge in [0.05, 0.1) is 6.10 Å². The van der Waals surface area contributed by atoms with Crippen LogP contribution >= 0.6 is 11.8 Å². The predicted molar refractivity (Wildman–Crippen MR) is 94.6 cm³/mol. The van der Waals surface area contributed by atoms with Gasteiger partial charge in [0, 0.05) is 55.1 Å². The van der Waals surface area contributed by atoms with Crippen LogP contribution in [0, 0.1) is 17.3 Å². The lowest BCUT2D eigenvalue weighted by atomic mass is 9.57. The third-order valence-corrected chi connectivity index (χ3v) is 7.27. The highest BCUT2D eigenvalue weighted by atomic mass is 32.2. The van der Waals surface area contributed by atoms with Crippen molar-refractivity contribution in [2.24, 2.45) is 22.2 Å². The van der Waals surface area contributed by atoms with Crippen molar-refractivity contribution in [3.63, 3.8) is 0 Å². The maximum atomic E-state index is 5.91. The summed E-state index contributed by atoms with van der Waals surface area (Å²) >= 11 is 2.11. The molecule has 5 heteroatoms. The zero-order valence-electron chi connectivity index (χ0n) is 14.6. The van der Waals surface area contributed by atoms with Crippen molar-refractivity contribution >= 4 is 17.7 Å². The molecule has 1 N–H and O–H groups in total. The van der Waals surface area contributed by atoms with E-state index in [-0.39, 0.29) is 5.41 Å². The Morgan fingerprint density at radius 2 is 2.18 bits per heavy atom. The summed E-state index contributed by atoms with van der Waals surface area (Å²) < 4.78 is 5.91. The average Bonchev–Trinajstić information content (AvgIpc) is 2.95. The zero-order chi connectivity index (χ0) is 15.9. The van der Waals surface area contributed by atoms with Crippen LogP contribution in [0.2, 0.25) is 0 Å². The number of aliphatic imine (C=N–C) groups is 1. The van der Waals surface area contributed by atoms with Gasteiger partial charge >= 0.3 is 0 Å². The summed E-state index contributed by atoms with van der Waals surface area (Å²) in [5.41, 5.74) is 0.207. The second kappa shape index (κ2) is 6.23. The van der Waals surface area contributed by atoms with Gasteiger partial charge in [0.2, 0.25) is 0 Å². The number of fused-ring (bicyclic) bond motifs is 1. The van der Waals surface area contributed by atoms with Crippen molar-refractivity contribution in [3.8, 4) is 0 Å². The Kier molecular flexibility index (Phi) is 4.66. The molecule has 4 unspecified atom stereocenters. The molecule has 126 valence electrons. The Bertz CT molecular complexity index is 438. The maximum absolute atomic E-state index is 5.91. The highest BCUT2D eigenvalue weighted by molar-refractivity contribution is 8.00. The highest BCUT2D eigenvalue weighted by Crippen LogP contribution is 2.52. The normalized spacial score (nSPS) is 37.9. The van der Waals surface area contributed by atoms with Gasteiger partial charge in [0.25, 0.3) is 0 Å². The Morgan fingerprint density at radius 3 is 2.86 bits per heavy atom. The van der Waals surface area contributed by atoms with Crippen molar-refractivity contribution in [1.82, 2.24) is 10.2 Å². The van der Waals surface area contributed by atoms with Gasteiger partial charge in [0.1, 0.15) is 0 Å². The number of nitrogens with one attached hydrogen (secondary N) is 1. The lowest BCUT2D eigenvalue weighted by Gasteiger charge is -2.55. The van der Waals surface area contributed by atoms with Crippen LogP contribution in [0.4, 0.5) is 0 Å². The quantitative estimate of drug-likeness (QED) is 0.625. The molecule has 2 aliphatic heterocycles. The van der Waals surface area contributed by atoms with Crippen molar-refractivity contribution in [1.29, 1.82) is 0 Å². The van der Waals surface area contributed by atoms with Gasteiger partial charge in [-0.2, -0.15) is 11.8 Å². The molecule has 0 radical (unpaired) electrons. The van der Waals surface area contributed by atoms with Crippen LogP contribution in [0.25, 0.3) is 0 Å². The molecule has 4 nitrogen and oxygen atoms in total. The molecule has 0 amide bonds. The second-order valence-corrected chi connectivity index (χ2v) is 9.18. The van der Waals surface area contributed by atoms with Crippen LogP contribution in [-0.4, -0.2) is 60.8 Å². The van der Waals surface area contributed by atoms with Crippen molar-refractivity contribution in [2.45, 2.75) is 51.5 Å². The first kappa shape index (κ1) is 16.4. The summed E-state index contributed by atoms with van der Waals surface area (Å²) in [7, 11) is 1.92.